The molecule has 2 rings (SSSR count). The summed E-state index contributed by atoms with van der Waals surface area (Å²) < 4.78 is 24.2. The Hall–Kier alpha value is -1.99. The van der Waals surface area contributed by atoms with E-state index >= 15 is 0 Å². The first-order chi connectivity index (χ1) is 11.4. The third kappa shape index (κ3) is 4.75. The third-order valence-corrected chi connectivity index (χ3v) is 3.97. The number of halogens is 1. The quantitative estimate of drug-likeness (QED) is 0.793. The lowest BCUT2D eigenvalue weighted by Gasteiger charge is -2.20. The fourth-order valence-electron chi connectivity index (χ4n) is 2.50. The van der Waals surface area contributed by atoms with Crippen molar-refractivity contribution < 1.29 is 28.6 Å². The van der Waals surface area contributed by atoms with Crippen molar-refractivity contribution in [3.63, 3.8) is 0 Å². The molecule has 1 amide bonds. The molecule has 6 nitrogen and oxygen atoms in total. The fourth-order valence-corrected chi connectivity index (χ4v) is 2.50. The van der Waals surface area contributed by atoms with Crippen molar-refractivity contribution in [2.75, 3.05) is 13.2 Å². The van der Waals surface area contributed by atoms with Crippen LogP contribution in [0.25, 0.3) is 0 Å². The Morgan fingerprint density at radius 3 is 2.83 bits per heavy atom. The first-order valence-corrected chi connectivity index (χ1v) is 7.91. The molecular weight excluding hydrogens is 317 g/mol. The average molecular weight is 339 g/mol. The van der Waals surface area contributed by atoms with E-state index in [-0.39, 0.29) is 6.10 Å². The van der Waals surface area contributed by atoms with E-state index in [4.69, 9.17) is 9.47 Å². The Morgan fingerprint density at radius 2 is 2.25 bits per heavy atom. The minimum absolute atomic E-state index is 0.0183. The van der Waals surface area contributed by atoms with Gasteiger partial charge in [0.2, 0.25) is 5.91 Å². The lowest BCUT2D eigenvalue weighted by Crippen LogP contribution is -2.41. The molecule has 0 radical (unpaired) electrons. The van der Waals surface area contributed by atoms with Crippen LogP contribution in [0.3, 0.4) is 0 Å². The van der Waals surface area contributed by atoms with E-state index in [1.807, 2.05) is 0 Å². The summed E-state index contributed by atoms with van der Waals surface area (Å²) in [7, 11) is 0. The zero-order valence-electron chi connectivity index (χ0n) is 13.8. The number of aryl methyl sites for hydroxylation is 1. The van der Waals surface area contributed by atoms with E-state index in [2.05, 4.69) is 5.32 Å². The summed E-state index contributed by atoms with van der Waals surface area (Å²) in [6.45, 7) is 4.08. The normalized spacial score (nSPS) is 19.7. The molecule has 3 atom stereocenters. The second-order valence-corrected chi connectivity index (χ2v) is 5.90. The molecule has 0 bridgehead atoms. The van der Waals surface area contributed by atoms with E-state index in [1.165, 1.54) is 25.1 Å². The molecule has 1 aliphatic heterocycles. The van der Waals surface area contributed by atoms with E-state index in [1.54, 1.807) is 6.92 Å². The summed E-state index contributed by atoms with van der Waals surface area (Å²) in [5, 5.41) is 11.8. The van der Waals surface area contributed by atoms with Crippen LogP contribution in [0.4, 0.5) is 4.39 Å². The largest absolute Gasteiger partial charge is 0.479 e. The lowest BCUT2D eigenvalue weighted by molar-refractivity contribution is -0.145. The van der Waals surface area contributed by atoms with Crippen LogP contribution in [0.1, 0.15) is 36.9 Å². The third-order valence-electron chi connectivity index (χ3n) is 3.97. The van der Waals surface area contributed by atoms with E-state index in [9.17, 15) is 19.1 Å². The van der Waals surface area contributed by atoms with E-state index in [0.29, 0.717) is 24.3 Å². The number of carbonyl (C=O) groups is 2. The Balaban J connectivity index is 1.96. The minimum Gasteiger partial charge on any atom is -0.479 e. The highest BCUT2D eigenvalue weighted by Crippen LogP contribution is 2.18. The second kappa shape index (κ2) is 8.21. The summed E-state index contributed by atoms with van der Waals surface area (Å²) in [6, 6.07) is 2.68. The van der Waals surface area contributed by atoms with Crippen LogP contribution >= 0.6 is 0 Å². The van der Waals surface area contributed by atoms with Gasteiger partial charge in [-0.3, -0.25) is 4.79 Å². The maximum absolute atomic E-state index is 13.3. The number of rotatable bonds is 7. The molecule has 3 unspecified atom stereocenters. The molecule has 1 aromatic rings. The number of carboxylic acids is 1. The SMILES string of the molecule is Cc1cc(C(NC(=O)C(C)OCC2CCCO2)C(=O)O)ccc1F. The lowest BCUT2D eigenvalue weighted by atomic mass is 10.0. The van der Waals surface area contributed by atoms with Crippen LogP contribution in [0.5, 0.6) is 0 Å². The fraction of sp³-hybridized carbons (Fsp3) is 0.529. The molecule has 0 aliphatic carbocycles. The molecule has 1 aromatic carbocycles. The summed E-state index contributed by atoms with van der Waals surface area (Å²) in [5.74, 6) is -2.19. The van der Waals surface area contributed by atoms with Gasteiger partial charge in [0.15, 0.2) is 6.04 Å². The van der Waals surface area contributed by atoms with Gasteiger partial charge in [0.1, 0.15) is 11.9 Å². The van der Waals surface area contributed by atoms with Gasteiger partial charge in [0.25, 0.3) is 0 Å². The number of amides is 1. The first-order valence-electron chi connectivity index (χ1n) is 7.91. The number of benzene rings is 1. The Labute approximate surface area is 139 Å². The van der Waals surface area contributed by atoms with Crippen molar-refractivity contribution in [1.82, 2.24) is 5.32 Å². The summed E-state index contributed by atoms with van der Waals surface area (Å²) in [6.07, 6.45) is 1.04. The highest BCUT2D eigenvalue weighted by Gasteiger charge is 2.26. The second-order valence-electron chi connectivity index (χ2n) is 5.90. The number of carbonyl (C=O) groups excluding carboxylic acids is 1. The zero-order valence-corrected chi connectivity index (χ0v) is 13.8. The molecule has 0 aromatic heterocycles. The van der Waals surface area contributed by atoms with Crippen molar-refractivity contribution in [3.8, 4) is 0 Å². The monoisotopic (exact) mass is 339 g/mol. The van der Waals surface area contributed by atoms with Crippen molar-refractivity contribution in [2.45, 2.75) is 44.9 Å². The molecule has 1 saturated heterocycles. The van der Waals surface area contributed by atoms with Crippen molar-refractivity contribution in [1.29, 1.82) is 0 Å². The van der Waals surface area contributed by atoms with Gasteiger partial charge in [-0.25, -0.2) is 9.18 Å². The zero-order chi connectivity index (χ0) is 17.7. The first kappa shape index (κ1) is 18.4. The number of hydrogen-bond donors (Lipinski definition) is 2. The molecule has 1 aliphatic rings. The van der Waals surface area contributed by atoms with Crippen LogP contribution in [0.15, 0.2) is 18.2 Å². The average Bonchev–Trinajstić information content (AvgIpc) is 3.06. The molecule has 0 saturated carbocycles. The van der Waals surface area contributed by atoms with Crippen LogP contribution in [0, 0.1) is 12.7 Å². The smallest absolute Gasteiger partial charge is 0.330 e. The van der Waals surface area contributed by atoms with Gasteiger partial charge in [-0.15, -0.1) is 0 Å². The maximum Gasteiger partial charge on any atom is 0.330 e. The number of aliphatic carboxylic acids is 1. The predicted molar refractivity (Wildman–Crippen MR) is 84.0 cm³/mol. The molecule has 2 N–H and O–H groups in total. The highest BCUT2D eigenvalue weighted by atomic mass is 19.1. The number of carboxylic acid groups (broad SMARTS) is 1. The number of nitrogens with one attached hydrogen (secondary N) is 1. The maximum atomic E-state index is 13.3. The van der Waals surface area contributed by atoms with Crippen molar-refractivity contribution >= 4 is 11.9 Å². The molecular formula is C17H22FNO5. The van der Waals surface area contributed by atoms with E-state index in [0.717, 1.165) is 12.8 Å². The van der Waals surface area contributed by atoms with Crippen LogP contribution in [0.2, 0.25) is 0 Å². The van der Waals surface area contributed by atoms with Gasteiger partial charge in [-0.05, 0) is 43.9 Å². The van der Waals surface area contributed by atoms with Crippen LogP contribution in [-0.2, 0) is 19.1 Å². The molecule has 0 spiro atoms. The number of hydrogen-bond acceptors (Lipinski definition) is 4. The molecule has 7 heteroatoms. The minimum atomic E-state index is -1.26. The number of ether oxygens (including phenoxy) is 2. The van der Waals surface area contributed by atoms with Gasteiger partial charge in [0.05, 0.1) is 12.7 Å². The van der Waals surface area contributed by atoms with Crippen LogP contribution < -0.4 is 5.32 Å². The van der Waals surface area contributed by atoms with Gasteiger partial charge in [-0.1, -0.05) is 12.1 Å². The molecule has 1 fully saturated rings. The summed E-state index contributed by atoms with van der Waals surface area (Å²) in [5.41, 5.74) is 0.622. The standard InChI is InChI=1S/C17H22FNO5/c1-10-8-12(5-6-14(10)18)15(17(21)22)19-16(20)11(2)24-9-13-4-3-7-23-13/h5-6,8,11,13,15H,3-4,7,9H2,1-2H3,(H,19,20)(H,21,22). The Morgan fingerprint density at radius 1 is 1.50 bits per heavy atom. The van der Waals surface area contributed by atoms with Crippen molar-refractivity contribution in [3.05, 3.63) is 35.1 Å². The topological polar surface area (TPSA) is 84.9 Å². The van der Waals surface area contributed by atoms with Gasteiger partial charge < -0.3 is 19.9 Å². The van der Waals surface area contributed by atoms with Gasteiger partial charge >= 0.3 is 5.97 Å². The molecule has 132 valence electrons. The van der Waals surface area contributed by atoms with Gasteiger partial charge in [-0.2, -0.15) is 0 Å². The van der Waals surface area contributed by atoms with Crippen molar-refractivity contribution in [2.24, 2.45) is 0 Å². The van der Waals surface area contributed by atoms with E-state index < -0.39 is 29.8 Å². The predicted octanol–water partition coefficient (Wildman–Crippen LogP) is 1.96. The van der Waals surface area contributed by atoms with Crippen LogP contribution in [-0.4, -0.2) is 42.4 Å². The Kier molecular flexibility index (Phi) is 6.28. The van der Waals surface area contributed by atoms with Gasteiger partial charge in [0, 0.05) is 6.61 Å². The molecule has 1 heterocycles. The highest BCUT2D eigenvalue weighted by molar-refractivity contribution is 5.86. The Bertz CT molecular complexity index is 601. The summed E-state index contributed by atoms with van der Waals surface area (Å²) >= 11 is 0. The molecule has 24 heavy (non-hydrogen) atoms. The summed E-state index contributed by atoms with van der Waals surface area (Å²) in [4.78, 5) is 23.6.